The molecule has 0 spiro atoms. The van der Waals surface area contributed by atoms with Gasteiger partial charge in [0.15, 0.2) is 0 Å². The van der Waals surface area contributed by atoms with E-state index in [9.17, 15) is 4.79 Å². The summed E-state index contributed by atoms with van der Waals surface area (Å²) >= 11 is 0. The van der Waals surface area contributed by atoms with Gasteiger partial charge < -0.3 is 14.3 Å². The lowest BCUT2D eigenvalue weighted by atomic mass is 10.3. The van der Waals surface area contributed by atoms with Gasteiger partial charge in [0.2, 0.25) is 5.89 Å². The lowest BCUT2D eigenvalue weighted by Crippen LogP contribution is -1.95. The van der Waals surface area contributed by atoms with Crippen LogP contribution in [0.15, 0.2) is 4.42 Å². The zero-order valence-corrected chi connectivity index (χ0v) is 7.19. The van der Waals surface area contributed by atoms with Crippen LogP contribution in [0.2, 0.25) is 0 Å². The molecular formula is C7H10N2O4. The Morgan fingerprint density at radius 2 is 2.38 bits per heavy atom. The van der Waals surface area contributed by atoms with Crippen LogP contribution in [0.25, 0.3) is 0 Å². The first-order chi connectivity index (χ1) is 6.24. The Balaban J connectivity index is 2.44. The molecule has 0 aliphatic carbocycles. The molecule has 0 aromatic carbocycles. The van der Waals surface area contributed by atoms with E-state index in [1.165, 1.54) is 0 Å². The summed E-state index contributed by atoms with van der Waals surface area (Å²) in [5.74, 6) is -1.24. The van der Waals surface area contributed by atoms with Crippen LogP contribution in [0.4, 0.5) is 0 Å². The van der Waals surface area contributed by atoms with Crippen LogP contribution in [0.5, 0.6) is 0 Å². The molecule has 1 aromatic heterocycles. The van der Waals surface area contributed by atoms with E-state index in [1.807, 2.05) is 0 Å². The smallest absolute Gasteiger partial charge is 0.393 e. The molecule has 1 N–H and O–H groups in total. The first kappa shape index (κ1) is 9.66. The van der Waals surface area contributed by atoms with Gasteiger partial charge in [-0.2, -0.15) is 0 Å². The van der Waals surface area contributed by atoms with E-state index >= 15 is 0 Å². The van der Waals surface area contributed by atoms with Gasteiger partial charge >= 0.3 is 11.9 Å². The summed E-state index contributed by atoms with van der Waals surface area (Å²) in [4.78, 5) is 10.3. The van der Waals surface area contributed by atoms with Crippen molar-refractivity contribution >= 4 is 5.97 Å². The summed E-state index contributed by atoms with van der Waals surface area (Å²) in [5, 5.41) is 15.3. The van der Waals surface area contributed by atoms with Crippen molar-refractivity contribution in [3.05, 3.63) is 11.8 Å². The van der Waals surface area contributed by atoms with Crippen LogP contribution in [0.1, 0.15) is 23.0 Å². The molecule has 6 nitrogen and oxygen atoms in total. The molecule has 0 aliphatic rings. The number of rotatable bonds is 5. The van der Waals surface area contributed by atoms with E-state index in [1.54, 1.807) is 7.11 Å². The molecule has 1 rings (SSSR count). The Morgan fingerprint density at radius 3 is 2.92 bits per heavy atom. The monoisotopic (exact) mass is 186 g/mol. The first-order valence-electron chi connectivity index (χ1n) is 3.78. The number of aryl methyl sites for hydroxylation is 1. The Morgan fingerprint density at radius 1 is 1.62 bits per heavy atom. The summed E-state index contributed by atoms with van der Waals surface area (Å²) in [5.41, 5.74) is 0. The van der Waals surface area contributed by atoms with Gasteiger partial charge in [-0.25, -0.2) is 4.79 Å². The van der Waals surface area contributed by atoms with Gasteiger partial charge in [0.25, 0.3) is 0 Å². The largest absolute Gasteiger partial charge is 0.474 e. The quantitative estimate of drug-likeness (QED) is 0.667. The second-order valence-electron chi connectivity index (χ2n) is 2.40. The molecule has 6 heteroatoms. The molecule has 0 radical (unpaired) electrons. The number of methoxy groups -OCH3 is 1. The minimum Gasteiger partial charge on any atom is -0.474 e. The van der Waals surface area contributed by atoms with Crippen molar-refractivity contribution in [2.24, 2.45) is 0 Å². The van der Waals surface area contributed by atoms with Crippen molar-refractivity contribution < 1.29 is 19.1 Å². The minimum absolute atomic E-state index is 0.328. The molecule has 0 fully saturated rings. The molecular weight excluding hydrogens is 176 g/mol. The van der Waals surface area contributed by atoms with E-state index in [0.29, 0.717) is 18.9 Å². The molecule has 1 heterocycles. The Bertz CT molecular complexity index is 284. The maximum absolute atomic E-state index is 10.3. The van der Waals surface area contributed by atoms with Crippen molar-refractivity contribution in [2.75, 3.05) is 13.7 Å². The van der Waals surface area contributed by atoms with Crippen LogP contribution in [-0.2, 0) is 11.2 Å². The van der Waals surface area contributed by atoms with Crippen molar-refractivity contribution in [3.63, 3.8) is 0 Å². The Hall–Kier alpha value is -1.43. The standard InChI is InChI=1S/C7H10N2O4/c1-12-4-2-3-5-8-9-6(13-5)7(10)11/h2-4H2,1H3,(H,10,11). The van der Waals surface area contributed by atoms with Gasteiger partial charge in [-0.05, 0) is 6.42 Å². The fourth-order valence-electron chi connectivity index (χ4n) is 0.809. The third-order valence-corrected chi connectivity index (χ3v) is 1.39. The van der Waals surface area contributed by atoms with Crippen molar-refractivity contribution in [1.29, 1.82) is 0 Å². The van der Waals surface area contributed by atoms with E-state index in [2.05, 4.69) is 10.2 Å². The molecule has 0 atom stereocenters. The summed E-state index contributed by atoms with van der Waals surface area (Å²) in [6, 6.07) is 0. The normalized spacial score (nSPS) is 10.2. The van der Waals surface area contributed by atoms with Gasteiger partial charge in [-0.1, -0.05) is 0 Å². The lowest BCUT2D eigenvalue weighted by molar-refractivity contribution is 0.0651. The van der Waals surface area contributed by atoms with Gasteiger partial charge in [-0.3, -0.25) is 0 Å². The Labute approximate surface area is 74.5 Å². The van der Waals surface area contributed by atoms with Crippen LogP contribution in [0, 0.1) is 0 Å². The molecule has 72 valence electrons. The fraction of sp³-hybridized carbons (Fsp3) is 0.571. The number of carboxylic acid groups (broad SMARTS) is 1. The van der Waals surface area contributed by atoms with Gasteiger partial charge in [-0.15, -0.1) is 10.2 Å². The summed E-state index contributed by atoms with van der Waals surface area (Å²) in [6.07, 6.45) is 1.27. The number of hydrogen-bond donors (Lipinski definition) is 1. The second-order valence-corrected chi connectivity index (χ2v) is 2.40. The molecule has 0 saturated carbocycles. The number of carbonyl (C=O) groups is 1. The molecule has 0 unspecified atom stereocenters. The van der Waals surface area contributed by atoms with Crippen LogP contribution in [-0.4, -0.2) is 35.0 Å². The molecule has 0 aliphatic heterocycles. The number of aromatic nitrogens is 2. The number of hydrogen-bond acceptors (Lipinski definition) is 5. The zero-order valence-electron chi connectivity index (χ0n) is 7.19. The highest BCUT2D eigenvalue weighted by molar-refractivity contribution is 5.81. The van der Waals surface area contributed by atoms with E-state index in [0.717, 1.165) is 6.42 Å². The predicted octanol–water partition coefficient (Wildman–Crippen LogP) is 0.347. The number of ether oxygens (including phenoxy) is 1. The highest BCUT2D eigenvalue weighted by Crippen LogP contribution is 2.02. The zero-order chi connectivity index (χ0) is 9.68. The van der Waals surface area contributed by atoms with E-state index in [4.69, 9.17) is 14.3 Å². The molecule has 0 saturated heterocycles. The van der Waals surface area contributed by atoms with Gasteiger partial charge in [0.1, 0.15) is 0 Å². The fourth-order valence-corrected chi connectivity index (χ4v) is 0.809. The first-order valence-corrected chi connectivity index (χ1v) is 3.78. The third kappa shape index (κ3) is 2.83. The highest BCUT2D eigenvalue weighted by Gasteiger charge is 2.11. The van der Waals surface area contributed by atoms with Crippen LogP contribution in [0.3, 0.4) is 0 Å². The van der Waals surface area contributed by atoms with E-state index in [-0.39, 0.29) is 5.89 Å². The second kappa shape index (κ2) is 4.56. The number of aromatic carboxylic acids is 1. The number of carboxylic acids is 1. The Kier molecular flexibility index (Phi) is 3.39. The summed E-state index contributed by atoms with van der Waals surface area (Å²) in [7, 11) is 1.59. The highest BCUT2D eigenvalue weighted by atomic mass is 16.5. The van der Waals surface area contributed by atoms with Gasteiger partial charge in [0.05, 0.1) is 0 Å². The van der Waals surface area contributed by atoms with E-state index < -0.39 is 5.97 Å². The topological polar surface area (TPSA) is 85.5 Å². The predicted molar refractivity (Wildman–Crippen MR) is 41.5 cm³/mol. The van der Waals surface area contributed by atoms with Crippen LogP contribution >= 0.6 is 0 Å². The SMILES string of the molecule is COCCCc1nnc(C(=O)O)o1. The molecule has 1 aromatic rings. The third-order valence-electron chi connectivity index (χ3n) is 1.39. The van der Waals surface area contributed by atoms with Crippen molar-refractivity contribution in [3.8, 4) is 0 Å². The average Bonchev–Trinajstić information content (AvgIpc) is 2.53. The number of nitrogens with zero attached hydrogens (tertiary/aromatic N) is 2. The summed E-state index contributed by atoms with van der Waals surface area (Å²) < 4.78 is 9.63. The maximum atomic E-state index is 10.3. The van der Waals surface area contributed by atoms with Crippen molar-refractivity contribution in [2.45, 2.75) is 12.8 Å². The summed E-state index contributed by atoms with van der Waals surface area (Å²) in [6.45, 7) is 0.588. The lowest BCUT2D eigenvalue weighted by Gasteiger charge is -1.93. The minimum atomic E-state index is -1.20. The molecule has 0 amide bonds. The molecule has 13 heavy (non-hydrogen) atoms. The maximum Gasteiger partial charge on any atom is 0.393 e. The van der Waals surface area contributed by atoms with Crippen molar-refractivity contribution in [1.82, 2.24) is 10.2 Å². The van der Waals surface area contributed by atoms with Gasteiger partial charge in [0, 0.05) is 20.1 Å². The average molecular weight is 186 g/mol. The van der Waals surface area contributed by atoms with Crippen LogP contribution < -0.4 is 0 Å². The molecule has 0 bridgehead atoms.